The number of benzene rings is 1. The van der Waals surface area contributed by atoms with Crippen LogP contribution >= 0.6 is 0 Å². The van der Waals surface area contributed by atoms with Crippen LogP contribution in [0.3, 0.4) is 0 Å². The normalized spacial score (nSPS) is 19.1. The van der Waals surface area contributed by atoms with Gasteiger partial charge < -0.3 is 9.80 Å². The highest BCUT2D eigenvalue weighted by molar-refractivity contribution is 6.42. The second kappa shape index (κ2) is 8.47. The van der Waals surface area contributed by atoms with Crippen molar-refractivity contribution in [2.24, 2.45) is 5.92 Å². The van der Waals surface area contributed by atoms with Crippen LogP contribution in [0.4, 0.5) is 0 Å². The molecule has 0 radical (unpaired) electrons. The lowest BCUT2D eigenvalue weighted by molar-refractivity contribution is -0.139. The number of aryl methyl sites for hydroxylation is 1. The molecule has 26 heavy (non-hydrogen) atoms. The molecule has 2 saturated heterocycles. The van der Waals surface area contributed by atoms with Gasteiger partial charge in [-0.15, -0.1) is 0 Å². The molecule has 2 amide bonds. The molecule has 2 heterocycles. The predicted octanol–water partition coefficient (Wildman–Crippen LogP) is 2.82. The Bertz CT molecular complexity index is 652. The van der Waals surface area contributed by atoms with E-state index in [1.54, 1.807) is 17.0 Å². The third-order valence-electron chi connectivity index (χ3n) is 5.56. The lowest BCUT2D eigenvalue weighted by atomic mass is 9.94. The maximum absolute atomic E-state index is 12.7. The molecule has 5 nitrogen and oxygen atoms in total. The van der Waals surface area contributed by atoms with Crippen molar-refractivity contribution in [3.8, 4) is 0 Å². The summed E-state index contributed by atoms with van der Waals surface area (Å²) in [6, 6.07) is 7.08. The van der Waals surface area contributed by atoms with Crippen molar-refractivity contribution in [3.05, 3.63) is 35.4 Å². The molecule has 2 aliphatic heterocycles. The molecule has 2 fully saturated rings. The van der Waals surface area contributed by atoms with Gasteiger partial charge in [-0.05, 0) is 32.6 Å². The van der Waals surface area contributed by atoms with Crippen molar-refractivity contribution in [1.82, 2.24) is 9.80 Å². The van der Waals surface area contributed by atoms with Gasteiger partial charge in [0.25, 0.3) is 5.91 Å². The quantitative estimate of drug-likeness (QED) is 0.618. The van der Waals surface area contributed by atoms with Gasteiger partial charge in [0.05, 0.1) is 0 Å². The van der Waals surface area contributed by atoms with Crippen LogP contribution in [0.2, 0.25) is 0 Å². The number of nitrogens with zero attached hydrogens (tertiary/aromatic N) is 2. The number of piperidine rings is 1. The van der Waals surface area contributed by atoms with E-state index in [1.807, 2.05) is 24.0 Å². The van der Waals surface area contributed by atoms with Crippen molar-refractivity contribution in [3.63, 3.8) is 0 Å². The van der Waals surface area contributed by atoms with Crippen molar-refractivity contribution in [2.45, 2.75) is 45.4 Å². The van der Waals surface area contributed by atoms with Crippen LogP contribution < -0.4 is 0 Å². The van der Waals surface area contributed by atoms with E-state index < -0.39 is 11.7 Å². The molecule has 0 aliphatic carbocycles. The average molecular weight is 356 g/mol. The molecule has 2 aliphatic rings. The van der Waals surface area contributed by atoms with Crippen LogP contribution in [-0.4, -0.2) is 53.6 Å². The first-order chi connectivity index (χ1) is 12.6. The average Bonchev–Trinajstić information content (AvgIpc) is 2.96. The molecule has 0 N–H and O–H groups in total. The minimum absolute atomic E-state index is 0.00775. The van der Waals surface area contributed by atoms with Gasteiger partial charge in [-0.3, -0.25) is 14.4 Å². The lowest BCUT2D eigenvalue weighted by Gasteiger charge is -2.33. The summed E-state index contributed by atoms with van der Waals surface area (Å²) in [5, 5.41) is 0. The lowest BCUT2D eigenvalue weighted by Crippen LogP contribution is -2.46. The third kappa shape index (κ3) is 4.32. The number of hydrogen-bond donors (Lipinski definition) is 0. The fraction of sp³-hybridized carbons (Fsp3) is 0.571. The number of ketones is 1. The Labute approximate surface area is 155 Å². The number of carbonyl (C=O) groups excluding carboxylic acids is 3. The molecule has 1 aromatic carbocycles. The van der Waals surface area contributed by atoms with Crippen LogP contribution in [0.1, 0.15) is 54.4 Å². The summed E-state index contributed by atoms with van der Waals surface area (Å²) in [7, 11) is 0. The fourth-order valence-electron chi connectivity index (χ4n) is 3.85. The van der Waals surface area contributed by atoms with Gasteiger partial charge in [0.2, 0.25) is 11.7 Å². The summed E-state index contributed by atoms with van der Waals surface area (Å²) in [6.45, 7) is 4.65. The van der Waals surface area contributed by atoms with Crippen LogP contribution in [-0.2, 0) is 9.59 Å². The van der Waals surface area contributed by atoms with Gasteiger partial charge in [0.1, 0.15) is 0 Å². The van der Waals surface area contributed by atoms with Gasteiger partial charge in [0.15, 0.2) is 0 Å². The first-order valence-corrected chi connectivity index (χ1v) is 9.75. The topological polar surface area (TPSA) is 57.7 Å². The number of carbonyl (C=O) groups is 3. The Morgan fingerprint density at radius 1 is 0.808 bits per heavy atom. The third-order valence-corrected chi connectivity index (χ3v) is 5.56. The smallest absolute Gasteiger partial charge is 0.294 e. The molecule has 0 atom stereocenters. The van der Waals surface area contributed by atoms with Crippen molar-refractivity contribution < 1.29 is 14.4 Å². The zero-order valence-corrected chi connectivity index (χ0v) is 15.6. The van der Waals surface area contributed by atoms with Crippen LogP contribution in [0.15, 0.2) is 24.3 Å². The van der Waals surface area contributed by atoms with Gasteiger partial charge in [-0.25, -0.2) is 0 Å². The second-order valence-corrected chi connectivity index (χ2v) is 7.50. The van der Waals surface area contributed by atoms with E-state index in [1.165, 1.54) is 12.8 Å². The van der Waals surface area contributed by atoms with E-state index in [9.17, 15) is 14.4 Å². The maximum Gasteiger partial charge on any atom is 0.294 e. The first kappa shape index (κ1) is 18.6. The summed E-state index contributed by atoms with van der Waals surface area (Å²) < 4.78 is 0. The standard InChI is InChI=1S/C21H28N2O3/c1-16-6-8-17(9-7-16)19(24)21(26)23-14-10-18(11-15-23)20(25)22-12-4-2-3-5-13-22/h6-9,18H,2-5,10-15H2,1H3. The van der Waals surface area contributed by atoms with Crippen LogP contribution in [0.25, 0.3) is 0 Å². The number of hydrogen-bond acceptors (Lipinski definition) is 3. The summed E-state index contributed by atoms with van der Waals surface area (Å²) in [5.41, 5.74) is 1.49. The fourth-order valence-corrected chi connectivity index (χ4v) is 3.85. The number of Topliss-reactive ketones (excluding diaryl/α,β-unsaturated/α-hetero) is 1. The highest BCUT2D eigenvalue weighted by Gasteiger charge is 2.32. The minimum atomic E-state index is -0.456. The monoisotopic (exact) mass is 356 g/mol. The zero-order valence-electron chi connectivity index (χ0n) is 15.6. The highest BCUT2D eigenvalue weighted by atomic mass is 16.2. The van der Waals surface area contributed by atoms with Gasteiger partial charge in [-0.1, -0.05) is 42.7 Å². The Kier molecular flexibility index (Phi) is 6.07. The maximum atomic E-state index is 12.7. The van der Waals surface area contributed by atoms with E-state index >= 15 is 0 Å². The molecular weight excluding hydrogens is 328 g/mol. The second-order valence-electron chi connectivity index (χ2n) is 7.50. The number of likely N-dealkylation sites (tertiary alicyclic amines) is 2. The van der Waals surface area contributed by atoms with Crippen molar-refractivity contribution in [1.29, 1.82) is 0 Å². The largest absolute Gasteiger partial charge is 0.342 e. The summed E-state index contributed by atoms with van der Waals surface area (Å²) >= 11 is 0. The molecule has 0 saturated carbocycles. The zero-order chi connectivity index (χ0) is 18.5. The van der Waals surface area contributed by atoms with E-state index in [4.69, 9.17) is 0 Å². The SMILES string of the molecule is Cc1ccc(C(=O)C(=O)N2CCC(C(=O)N3CCCCCC3)CC2)cc1. The number of rotatable bonds is 3. The molecule has 3 rings (SSSR count). The number of amides is 2. The molecule has 0 bridgehead atoms. The van der Waals surface area contributed by atoms with Gasteiger partial charge in [0, 0.05) is 37.7 Å². The van der Waals surface area contributed by atoms with Crippen LogP contribution in [0, 0.1) is 12.8 Å². The van der Waals surface area contributed by atoms with Crippen molar-refractivity contribution >= 4 is 17.6 Å². The van der Waals surface area contributed by atoms with Gasteiger partial charge in [-0.2, -0.15) is 0 Å². The first-order valence-electron chi connectivity index (χ1n) is 9.75. The van der Waals surface area contributed by atoms with E-state index in [2.05, 4.69) is 0 Å². The Morgan fingerprint density at radius 2 is 1.38 bits per heavy atom. The van der Waals surface area contributed by atoms with E-state index in [0.717, 1.165) is 31.5 Å². The highest BCUT2D eigenvalue weighted by Crippen LogP contribution is 2.22. The Morgan fingerprint density at radius 3 is 1.96 bits per heavy atom. The predicted molar refractivity (Wildman–Crippen MR) is 99.9 cm³/mol. The molecule has 1 aromatic rings. The molecule has 5 heteroatoms. The molecule has 0 unspecified atom stereocenters. The Balaban J connectivity index is 1.54. The van der Waals surface area contributed by atoms with E-state index in [-0.39, 0.29) is 11.8 Å². The summed E-state index contributed by atoms with van der Waals surface area (Å²) in [6.07, 6.45) is 5.91. The van der Waals surface area contributed by atoms with Crippen LogP contribution in [0.5, 0.6) is 0 Å². The molecule has 0 spiro atoms. The summed E-state index contributed by atoms with van der Waals surface area (Å²) in [4.78, 5) is 41.2. The Hall–Kier alpha value is -2.17. The summed E-state index contributed by atoms with van der Waals surface area (Å²) in [5.74, 6) is -0.674. The molecular formula is C21H28N2O3. The van der Waals surface area contributed by atoms with E-state index in [0.29, 0.717) is 31.5 Å². The minimum Gasteiger partial charge on any atom is -0.342 e. The van der Waals surface area contributed by atoms with Crippen molar-refractivity contribution in [2.75, 3.05) is 26.2 Å². The van der Waals surface area contributed by atoms with Gasteiger partial charge >= 0.3 is 0 Å². The molecule has 140 valence electrons. The molecule has 0 aromatic heterocycles.